The highest BCUT2D eigenvalue weighted by molar-refractivity contribution is 5.94. The number of aliphatic hydroxyl groups excluding tert-OH is 1. The highest BCUT2D eigenvalue weighted by atomic mass is 16.3. The van der Waals surface area contributed by atoms with Crippen molar-refractivity contribution in [3.8, 4) is 0 Å². The quantitative estimate of drug-likeness (QED) is 0.648. The monoisotopic (exact) mass is 224 g/mol. The third-order valence-corrected chi connectivity index (χ3v) is 2.60. The molecular weight excluding hydrogens is 208 g/mol. The second kappa shape index (κ2) is 5.09. The summed E-state index contributed by atoms with van der Waals surface area (Å²) in [6, 6.07) is 1.63. The van der Waals surface area contributed by atoms with Crippen molar-refractivity contribution in [3.63, 3.8) is 0 Å². The molecule has 0 saturated carbocycles. The van der Waals surface area contributed by atoms with Crippen molar-refractivity contribution in [3.05, 3.63) is 12.3 Å². The summed E-state index contributed by atoms with van der Waals surface area (Å²) in [5, 5.41) is 18.7. The fourth-order valence-corrected chi connectivity index (χ4v) is 1.78. The van der Waals surface area contributed by atoms with Gasteiger partial charge in [0.05, 0.1) is 19.2 Å². The molecule has 3 N–H and O–H groups in total. The Morgan fingerprint density at radius 1 is 1.75 bits per heavy atom. The third kappa shape index (κ3) is 2.59. The number of hydrogen-bond acceptors (Lipinski definition) is 4. The number of anilines is 1. The van der Waals surface area contributed by atoms with Gasteiger partial charge in [-0.25, -0.2) is 0 Å². The Bertz CT molecular complexity index is 357. The Balaban J connectivity index is 1.89. The second-order valence-electron chi connectivity index (χ2n) is 3.83. The van der Waals surface area contributed by atoms with Gasteiger partial charge in [0.2, 0.25) is 5.91 Å². The molecule has 88 valence electrons. The Kier molecular flexibility index (Phi) is 3.53. The third-order valence-electron chi connectivity index (χ3n) is 2.60. The molecule has 0 aromatic carbocycles. The number of aliphatic hydroxyl groups is 1. The molecule has 1 aromatic heterocycles. The Labute approximate surface area is 93.6 Å². The minimum Gasteiger partial charge on any atom is -0.394 e. The number of nitrogens with one attached hydrogen (secondary N) is 2. The molecule has 2 rings (SSSR count). The normalized spacial score (nSPS) is 19.9. The van der Waals surface area contributed by atoms with Gasteiger partial charge in [0.15, 0.2) is 5.82 Å². The Hall–Kier alpha value is -1.40. The van der Waals surface area contributed by atoms with Crippen LogP contribution in [0.25, 0.3) is 0 Å². The lowest BCUT2D eigenvalue weighted by Crippen LogP contribution is -2.35. The van der Waals surface area contributed by atoms with Gasteiger partial charge in [0, 0.05) is 12.3 Å². The van der Waals surface area contributed by atoms with E-state index in [1.165, 1.54) is 0 Å². The predicted molar refractivity (Wildman–Crippen MR) is 59.0 cm³/mol. The minimum atomic E-state index is -0.0945. The van der Waals surface area contributed by atoms with Gasteiger partial charge in [0.1, 0.15) is 0 Å². The van der Waals surface area contributed by atoms with E-state index in [9.17, 15) is 4.79 Å². The van der Waals surface area contributed by atoms with Gasteiger partial charge in [-0.1, -0.05) is 0 Å². The first kappa shape index (κ1) is 11.1. The van der Waals surface area contributed by atoms with Crippen LogP contribution in [-0.2, 0) is 11.3 Å². The topological polar surface area (TPSA) is 79.2 Å². The van der Waals surface area contributed by atoms with Crippen molar-refractivity contribution >= 4 is 11.7 Å². The lowest BCUT2D eigenvalue weighted by molar-refractivity contribution is -0.117. The molecule has 1 atom stereocenters. The average molecular weight is 224 g/mol. The van der Waals surface area contributed by atoms with Crippen LogP contribution in [-0.4, -0.2) is 40.0 Å². The van der Waals surface area contributed by atoms with Crippen LogP contribution < -0.4 is 10.6 Å². The van der Waals surface area contributed by atoms with E-state index in [2.05, 4.69) is 15.7 Å². The molecule has 1 aromatic rings. The molecule has 1 unspecified atom stereocenters. The summed E-state index contributed by atoms with van der Waals surface area (Å²) in [5.74, 6) is 0.499. The molecule has 0 bridgehead atoms. The molecule has 0 spiro atoms. The molecule has 6 nitrogen and oxygen atoms in total. The maximum atomic E-state index is 11.7. The molecule has 1 aliphatic heterocycles. The van der Waals surface area contributed by atoms with Crippen LogP contribution in [0.1, 0.15) is 12.8 Å². The first-order valence-electron chi connectivity index (χ1n) is 5.48. The number of carbonyl (C=O) groups is 1. The van der Waals surface area contributed by atoms with Crippen LogP contribution in [0.2, 0.25) is 0 Å². The van der Waals surface area contributed by atoms with Crippen LogP contribution in [0, 0.1) is 0 Å². The van der Waals surface area contributed by atoms with Crippen LogP contribution in [0.3, 0.4) is 0 Å². The Morgan fingerprint density at radius 3 is 3.31 bits per heavy atom. The molecule has 1 aliphatic rings. The molecule has 16 heavy (non-hydrogen) atoms. The summed E-state index contributed by atoms with van der Waals surface area (Å²) in [7, 11) is 0. The summed E-state index contributed by atoms with van der Waals surface area (Å²) in [6.45, 7) is 1.38. The lowest BCUT2D eigenvalue weighted by Gasteiger charge is -2.08. The summed E-state index contributed by atoms with van der Waals surface area (Å²) in [4.78, 5) is 11.7. The van der Waals surface area contributed by atoms with E-state index >= 15 is 0 Å². The van der Waals surface area contributed by atoms with Gasteiger partial charge < -0.3 is 15.7 Å². The first-order chi connectivity index (χ1) is 7.79. The fraction of sp³-hybridized carbons (Fsp3) is 0.600. The summed E-state index contributed by atoms with van der Waals surface area (Å²) in [6.07, 6.45) is 3.65. The number of carbonyl (C=O) groups excluding carboxylic acids is 1. The van der Waals surface area contributed by atoms with E-state index < -0.39 is 0 Å². The zero-order chi connectivity index (χ0) is 11.4. The molecule has 0 aliphatic carbocycles. The van der Waals surface area contributed by atoms with Gasteiger partial charge in [-0.05, 0) is 19.4 Å². The van der Waals surface area contributed by atoms with Crippen molar-refractivity contribution in [2.24, 2.45) is 0 Å². The SMILES string of the molecule is O=C(Nc1ccn(CCO)n1)C1CCCN1. The van der Waals surface area contributed by atoms with E-state index in [-0.39, 0.29) is 18.6 Å². The summed E-state index contributed by atoms with van der Waals surface area (Å²) < 4.78 is 1.59. The van der Waals surface area contributed by atoms with Gasteiger partial charge in [-0.15, -0.1) is 0 Å². The summed E-state index contributed by atoms with van der Waals surface area (Å²) in [5.41, 5.74) is 0. The fourth-order valence-electron chi connectivity index (χ4n) is 1.78. The van der Waals surface area contributed by atoms with Crippen LogP contribution in [0.5, 0.6) is 0 Å². The molecule has 6 heteroatoms. The predicted octanol–water partition coefficient (Wildman–Crippen LogP) is -0.434. The maximum absolute atomic E-state index is 11.7. The Morgan fingerprint density at radius 2 is 2.62 bits per heavy atom. The van der Waals surface area contributed by atoms with Crippen LogP contribution in [0.4, 0.5) is 5.82 Å². The van der Waals surface area contributed by atoms with E-state index in [4.69, 9.17) is 5.11 Å². The minimum absolute atomic E-state index is 0.0354. The largest absolute Gasteiger partial charge is 0.394 e. The molecular formula is C10H16N4O2. The van der Waals surface area contributed by atoms with Crippen LogP contribution in [0.15, 0.2) is 12.3 Å². The van der Waals surface area contributed by atoms with E-state index in [1.54, 1.807) is 16.9 Å². The molecule has 0 radical (unpaired) electrons. The number of amides is 1. The smallest absolute Gasteiger partial charge is 0.242 e. The number of hydrogen-bond donors (Lipinski definition) is 3. The van der Waals surface area contributed by atoms with E-state index in [0.29, 0.717) is 12.4 Å². The second-order valence-corrected chi connectivity index (χ2v) is 3.83. The standard InChI is InChI=1S/C10H16N4O2/c15-7-6-14-5-3-9(13-14)12-10(16)8-2-1-4-11-8/h3,5,8,11,15H,1-2,4,6-7H2,(H,12,13,16). The van der Waals surface area contributed by atoms with Gasteiger partial charge in [0.25, 0.3) is 0 Å². The van der Waals surface area contributed by atoms with Crippen LogP contribution >= 0.6 is 0 Å². The molecule has 2 heterocycles. The van der Waals surface area contributed by atoms with Crippen molar-refractivity contribution in [2.45, 2.75) is 25.4 Å². The highest BCUT2D eigenvalue weighted by Gasteiger charge is 2.22. The molecule has 1 amide bonds. The zero-order valence-electron chi connectivity index (χ0n) is 9.02. The van der Waals surface area contributed by atoms with Gasteiger partial charge in [-0.3, -0.25) is 9.48 Å². The first-order valence-corrected chi connectivity index (χ1v) is 5.48. The van der Waals surface area contributed by atoms with Gasteiger partial charge in [-0.2, -0.15) is 5.10 Å². The zero-order valence-corrected chi connectivity index (χ0v) is 9.02. The molecule has 1 saturated heterocycles. The number of rotatable bonds is 4. The molecule has 1 fully saturated rings. The maximum Gasteiger partial charge on any atom is 0.242 e. The van der Waals surface area contributed by atoms with E-state index in [0.717, 1.165) is 19.4 Å². The van der Waals surface area contributed by atoms with Crippen molar-refractivity contribution in [1.29, 1.82) is 0 Å². The summed E-state index contributed by atoms with van der Waals surface area (Å²) >= 11 is 0. The van der Waals surface area contributed by atoms with E-state index in [1.807, 2.05) is 0 Å². The lowest BCUT2D eigenvalue weighted by atomic mass is 10.2. The number of aromatic nitrogens is 2. The highest BCUT2D eigenvalue weighted by Crippen LogP contribution is 2.08. The van der Waals surface area contributed by atoms with Crippen molar-refractivity contribution in [1.82, 2.24) is 15.1 Å². The van der Waals surface area contributed by atoms with Crippen molar-refractivity contribution < 1.29 is 9.90 Å². The number of nitrogens with zero attached hydrogens (tertiary/aromatic N) is 2. The average Bonchev–Trinajstić information content (AvgIpc) is 2.89. The van der Waals surface area contributed by atoms with Gasteiger partial charge >= 0.3 is 0 Å². The van der Waals surface area contributed by atoms with Crippen molar-refractivity contribution in [2.75, 3.05) is 18.5 Å².